The van der Waals surface area contributed by atoms with Crippen LogP contribution in [0.2, 0.25) is 0 Å². The van der Waals surface area contributed by atoms with Gasteiger partial charge in [0.15, 0.2) is 5.82 Å². The number of hydrogen-bond acceptors (Lipinski definition) is 2. The lowest BCUT2D eigenvalue weighted by molar-refractivity contribution is 1.14. The molecule has 0 saturated heterocycles. The van der Waals surface area contributed by atoms with Gasteiger partial charge < -0.3 is 0 Å². The summed E-state index contributed by atoms with van der Waals surface area (Å²) in [4.78, 5) is 10.4. The molecule has 0 radical (unpaired) electrons. The van der Waals surface area contributed by atoms with E-state index in [0.717, 1.165) is 50.6 Å². The van der Waals surface area contributed by atoms with Gasteiger partial charge in [0.2, 0.25) is 0 Å². The molecule has 0 unspecified atom stereocenters. The van der Waals surface area contributed by atoms with E-state index >= 15 is 0 Å². The lowest BCUT2D eigenvalue weighted by Crippen LogP contribution is -2.01. The Morgan fingerprint density at radius 2 is 0.935 bits per heavy atom. The lowest BCUT2D eigenvalue weighted by Gasteiger charge is -2.15. The number of hydrogen-bond donors (Lipinski definition) is 0. The molecule has 46 heavy (non-hydrogen) atoms. The van der Waals surface area contributed by atoms with Gasteiger partial charge in [0.05, 0.1) is 11.4 Å². The van der Waals surface area contributed by atoms with Crippen LogP contribution in [0.5, 0.6) is 0 Å². The Balaban J connectivity index is 1.21. The number of aromatic nitrogens is 2. The van der Waals surface area contributed by atoms with Crippen molar-refractivity contribution in [2.45, 2.75) is 13.8 Å². The average Bonchev–Trinajstić information content (AvgIpc) is 3.12. The molecule has 0 fully saturated rings. The number of benzene rings is 7. The summed E-state index contributed by atoms with van der Waals surface area (Å²) in [5, 5.41) is 5.09. The molecule has 218 valence electrons. The highest BCUT2D eigenvalue weighted by molar-refractivity contribution is 6.08. The molecule has 8 rings (SSSR count). The fourth-order valence-electron chi connectivity index (χ4n) is 6.53. The first-order valence-electron chi connectivity index (χ1n) is 15.8. The van der Waals surface area contributed by atoms with Crippen LogP contribution in [-0.4, -0.2) is 9.97 Å². The molecule has 0 aliphatic rings. The second-order valence-corrected chi connectivity index (χ2v) is 11.9. The Hall–Kier alpha value is -5.86. The smallest absolute Gasteiger partial charge is 0.160 e. The van der Waals surface area contributed by atoms with Crippen molar-refractivity contribution >= 4 is 21.5 Å². The van der Waals surface area contributed by atoms with Crippen molar-refractivity contribution in [2.75, 3.05) is 0 Å². The van der Waals surface area contributed by atoms with E-state index in [1.807, 2.05) is 6.07 Å². The molecule has 0 amide bonds. The third-order valence-electron chi connectivity index (χ3n) is 8.99. The average molecular weight is 589 g/mol. The summed E-state index contributed by atoms with van der Waals surface area (Å²) in [6.45, 7) is 4.27. The van der Waals surface area contributed by atoms with Gasteiger partial charge >= 0.3 is 0 Å². The van der Waals surface area contributed by atoms with Crippen molar-refractivity contribution in [3.63, 3.8) is 0 Å². The largest absolute Gasteiger partial charge is 0.228 e. The quantitative estimate of drug-likeness (QED) is 0.187. The summed E-state index contributed by atoms with van der Waals surface area (Å²) < 4.78 is 0. The summed E-state index contributed by atoms with van der Waals surface area (Å²) in [6, 6.07) is 56.1. The first-order valence-corrected chi connectivity index (χ1v) is 15.8. The van der Waals surface area contributed by atoms with E-state index in [-0.39, 0.29) is 0 Å². The van der Waals surface area contributed by atoms with Gasteiger partial charge in [-0.1, -0.05) is 140 Å². The molecule has 0 aliphatic heterocycles. The van der Waals surface area contributed by atoms with Gasteiger partial charge in [-0.05, 0) is 81.4 Å². The monoisotopic (exact) mass is 588 g/mol. The van der Waals surface area contributed by atoms with Gasteiger partial charge in [0, 0.05) is 22.3 Å². The van der Waals surface area contributed by atoms with E-state index in [0.29, 0.717) is 0 Å². The summed E-state index contributed by atoms with van der Waals surface area (Å²) >= 11 is 0. The summed E-state index contributed by atoms with van der Waals surface area (Å²) in [5.74, 6) is 0.725. The van der Waals surface area contributed by atoms with Crippen LogP contribution in [0.3, 0.4) is 0 Å². The molecule has 0 N–H and O–H groups in total. The van der Waals surface area contributed by atoms with Crippen LogP contribution < -0.4 is 0 Å². The molecular formula is C44H32N2. The van der Waals surface area contributed by atoms with E-state index in [1.165, 1.54) is 38.2 Å². The minimum atomic E-state index is 0.725. The van der Waals surface area contributed by atoms with E-state index in [2.05, 4.69) is 166 Å². The molecule has 1 heterocycles. The van der Waals surface area contributed by atoms with Crippen molar-refractivity contribution in [1.82, 2.24) is 9.97 Å². The number of fused-ring (bicyclic) bond motifs is 3. The van der Waals surface area contributed by atoms with Gasteiger partial charge in [-0.2, -0.15) is 0 Å². The van der Waals surface area contributed by atoms with Crippen molar-refractivity contribution in [1.29, 1.82) is 0 Å². The maximum absolute atomic E-state index is 5.20. The number of nitrogens with zero attached hydrogens (tertiary/aromatic N) is 2. The third kappa shape index (κ3) is 5.04. The summed E-state index contributed by atoms with van der Waals surface area (Å²) in [5.41, 5.74) is 12.1. The van der Waals surface area contributed by atoms with Crippen molar-refractivity contribution in [2.24, 2.45) is 0 Å². The van der Waals surface area contributed by atoms with Crippen molar-refractivity contribution in [3.8, 4) is 56.2 Å². The Morgan fingerprint density at radius 3 is 1.72 bits per heavy atom. The molecule has 0 atom stereocenters. The number of aryl methyl sites for hydroxylation is 1. The topological polar surface area (TPSA) is 25.8 Å². The standard InChI is InChI=1S/C44H32N2/c1-29-12-6-8-20-39(29)43-30(2)42(32-14-4-3-5-15-32)45-44(46-43)38-19-11-18-35(28-38)33-16-10-17-34(26-33)36-24-25-41-37(27-36)23-22-31-13-7-9-21-40(31)41/h3-28H,1-2H3. The maximum Gasteiger partial charge on any atom is 0.160 e. The van der Waals surface area contributed by atoms with E-state index < -0.39 is 0 Å². The Kier molecular flexibility index (Phi) is 6.96. The van der Waals surface area contributed by atoms with Gasteiger partial charge in [-0.15, -0.1) is 0 Å². The molecule has 2 nitrogen and oxygen atoms in total. The molecule has 2 heteroatoms. The van der Waals surface area contributed by atoms with E-state index in [9.17, 15) is 0 Å². The second kappa shape index (κ2) is 11.6. The second-order valence-electron chi connectivity index (χ2n) is 11.9. The first-order chi connectivity index (χ1) is 22.6. The van der Waals surface area contributed by atoms with Crippen LogP contribution in [0.25, 0.3) is 77.7 Å². The number of rotatable bonds is 5. The Bertz CT molecular complexity index is 2390. The first kappa shape index (κ1) is 27.7. The van der Waals surface area contributed by atoms with Crippen LogP contribution in [-0.2, 0) is 0 Å². The summed E-state index contributed by atoms with van der Waals surface area (Å²) in [7, 11) is 0. The minimum absolute atomic E-state index is 0.725. The van der Waals surface area contributed by atoms with Gasteiger partial charge in [-0.3, -0.25) is 0 Å². The fourth-order valence-corrected chi connectivity index (χ4v) is 6.53. The van der Waals surface area contributed by atoms with Crippen LogP contribution >= 0.6 is 0 Å². The fraction of sp³-hybridized carbons (Fsp3) is 0.0455. The SMILES string of the molecule is Cc1ccccc1-c1nc(-c2cccc(-c3cccc(-c4ccc5c(ccc6ccccc65)c4)c3)c2)nc(-c2ccccc2)c1C. The highest BCUT2D eigenvalue weighted by Gasteiger charge is 2.17. The van der Waals surface area contributed by atoms with E-state index in [1.54, 1.807) is 0 Å². The summed E-state index contributed by atoms with van der Waals surface area (Å²) in [6.07, 6.45) is 0. The van der Waals surface area contributed by atoms with Gasteiger partial charge in [-0.25, -0.2) is 9.97 Å². The molecule has 8 aromatic rings. The lowest BCUT2D eigenvalue weighted by atomic mass is 9.95. The molecule has 7 aromatic carbocycles. The molecule has 0 bridgehead atoms. The molecule has 1 aromatic heterocycles. The highest BCUT2D eigenvalue weighted by Crippen LogP contribution is 2.35. The molecular weight excluding hydrogens is 556 g/mol. The van der Waals surface area contributed by atoms with Crippen molar-refractivity contribution < 1.29 is 0 Å². The zero-order valence-corrected chi connectivity index (χ0v) is 25.9. The molecule has 0 spiro atoms. The van der Waals surface area contributed by atoms with Crippen LogP contribution in [0, 0.1) is 13.8 Å². The van der Waals surface area contributed by atoms with Crippen molar-refractivity contribution in [3.05, 3.63) is 169 Å². The minimum Gasteiger partial charge on any atom is -0.228 e. The van der Waals surface area contributed by atoms with Crippen LogP contribution in [0.4, 0.5) is 0 Å². The Labute approximate surface area is 269 Å². The predicted octanol–water partition coefficient (Wildman–Crippen LogP) is 11.7. The third-order valence-corrected chi connectivity index (χ3v) is 8.99. The predicted molar refractivity (Wildman–Crippen MR) is 194 cm³/mol. The van der Waals surface area contributed by atoms with Gasteiger partial charge in [0.1, 0.15) is 0 Å². The Morgan fingerprint density at radius 1 is 0.370 bits per heavy atom. The normalized spacial score (nSPS) is 11.3. The van der Waals surface area contributed by atoms with Crippen LogP contribution in [0.1, 0.15) is 11.1 Å². The highest BCUT2D eigenvalue weighted by atomic mass is 14.9. The zero-order chi connectivity index (χ0) is 31.0. The molecule has 0 saturated carbocycles. The van der Waals surface area contributed by atoms with E-state index in [4.69, 9.17) is 9.97 Å². The maximum atomic E-state index is 5.20. The van der Waals surface area contributed by atoms with Gasteiger partial charge in [0.25, 0.3) is 0 Å². The van der Waals surface area contributed by atoms with Crippen LogP contribution in [0.15, 0.2) is 158 Å². The zero-order valence-electron chi connectivity index (χ0n) is 25.9. The molecule has 0 aliphatic carbocycles.